The Kier molecular flexibility index (Phi) is 5.38. The van der Waals surface area contributed by atoms with E-state index in [2.05, 4.69) is 21.2 Å². The minimum atomic E-state index is -0.462. The molecule has 7 nitrogen and oxygen atoms in total. The van der Waals surface area contributed by atoms with Crippen molar-refractivity contribution < 1.29 is 9.13 Å². The van der Waals surface area contributed by atoms with E-state index in [-0.39, 0.29) is 11.7 Å². The van der Waals surface area contributed by atoms with Gasteiger partial charge in [-0.1, -0.05) is 11.6 Å². The van der Waals surface area contributed by atoms with Crippen LogP contribution in [0.2, 0.25) is 5.02 Å². The Labute approximate surface area is 206 Å². The van der Waals surface area contributed by atoms with Crippen LogP contribution in [-0.2, 0) is 4.74 Å². The molecule has 1 aliphatic carbocycles. The van der Waals surface area contributed by atoms with Crippen LogP contribution >= 0.6 is 11.6 Å². The monoisotopic (exact) mass is 493 g/mol. The van der Waals surface area contributed by atoms with Crippen molar-refractivity contribution in [3.05, 3.63) is 80.9 Å². The second kappa shape index (κ2) is 8.46. The molecule has 1 aliphatic heterocycles. The predicted octanol–water partition coefficient (Wildman–Crippen LogP) is 4.88. The fourth-order valence-electron chi connectivity index (χ4n) is 4.64. The highest BCUT2D eigenvalue weighted by molar-refractivity contribution is 6.30. The molecule has 6 rings (SSSR count). The third-order valence-corrected chi connectivity index (χ3v) is 7.18. The van der Waals surface area contributed by atoms with Gasteiger partial charge in [0.25, 0.3) is 5.56 Å². The summed E-state index contributed by atoms with van der Waals surface area (Å²) in [5.41, 5.74) is 4.17. The molecule has 0 radical (unpaired) electrons. The molecule has 0 unspecified atom stereocenters. The number of hydrogen-bond acceptors (Lipinski definition) is 5. The topological polar surface area (TPSA) is 64.7 Å². The van der Waals surface area contributed by atoms with Gasteiger partial charge in [0, 0.05) is 58.5 Å². The van der Waals surface area contributed by atoms with Crippen LogP contribution in [0.3, 0.4) is 0 Å². The lowest BCUT2D eigenvalue weighted by atomic mass is 10.0. The van der Waals surface area contributed by atoms with Gasteiger partial charge >= 0.3 is 0 Å². The first kappa shape index (κ1) is 22.2. The molecule has 0 amide bonds. The molecule has 1 aromatic carbocycles. The molecule has 2 aliphatic rings. The zero-order valence-electron chi connectivity index (χ0n) is 19.5. The van der Waals surface area contributed by atoms with Crippen molar-refractivity contribution in [1.29, 1.82) is 0 Å². The van der Waals surface area contributed by atoms with Gasteiger partial charge in [-0.25, -0.2) is 9.37 Å². The number of nitrogens with zero attached hydrogens (tertiary/aromatic N) is 5. The minimum absolute atomic E-state index is 0.141. The molecule has 1 atom stereocenters. The van der Waals surface area contributed by atoms with Gasteiger partial charge in [0.2, 0.25) is 0 Å². The van der Waals surface area contributed by atoms with Crippen LogP contribution in [0.1, 0.15) is 41.8 Å². The molecule has 0 bridgehead atoms. The quantitative estimate of drug-likeness (QED) is 0.405. The van der Waals surface area contributed by atoms with Crippen LogP contribution in [0.15, 0.2) is 47.7 Å². The maximum atomic E-state index is 15.0. The summed E-state index contributed by atoms with van der Waals surface area (Å²) in [6, 6.07) is 6.96. The molecule has 2 fully saturated rings. The summed E-state index contributed by atoms with van der Waals surface area (Å²) in [6.45, 7) is 5.32. The SMILES string of the molecule is Cc1nc2c(-c3ccc(Cl)cc3F)cc(N3CCO[C@@H](c4cnn(C5CC5)c4)C3)cn2c(=O)c1C. The maximum Gasteiger partial charge on any atom is 0.261 e. The van der Waals surface area contributed by atoms with E-state index >= 15 is 4.39 Å². The summed E-state index contributed by atoms with van der Waals surface area (Å²) in [6.07, 6.45) is 7.94. The fourth-order valence-corrected chi connectivity index (χ4v) is 4.80. The molecule has 180 valence electrons. The van der Waals surface area contributed by atoms with Gasteiger partial charge in [-0.2, -0.15) is 5.10 Å². The van der Waals surface area contributed by atoms with Crippen molar-refractivity contribution in [2.24, 2.45) is 0 Å². The third kappa shape index (κ3) is 4.00. The number of benzene rings is 1. The second-order valence-electron chi connectivity index (χ2n) is 9.35. The lowest BCUT2D eigenvalue weighted by Crippen LogP contribution is -2.38. The van der Waals surface area contributed by atoms with Crippen LogP contribution in [0.5, 0.6) is 0 Å². The smallest absolute Gasteiger partial charge is 0.261 e. The van der Waals surface area contributed by atoms with Crippen molar-refractivity contribution >= 4 is 22.9 Å². The first-order chi connectivity index (χ1) is 16.9. The van der Waals surface area contributed by atoms with E-state index in [0.717, 1.165) is 11.3 Å². The van der Waals surface area contributed by atoms with Gasteiger partial charge in [-0.15, -0.1) is 0 Å². The Balaban J connectivity index is 1.45. The summed E-state index contributed by atoms with van der Waals surface area (Å²) in [5, 5.41) is 4.82. The Morgan fingerprint density at radius 3 is 2.74 bits per heavy atom. The second-order valence-corrected chi connectivity index (χ2v) is 9.78. The Morgan fingerprint density at radius 1 is 1.14 bits per heavy atom. The van der Waals surface area contributed by atoms with E-state index in [1.54, 1.807) is 32.2 Å². The number of hydrogen-bond donors (Lipinski definition) is 0. The molecule has 4 heterocycles. The van der Waals surface area contributed by atoms with Gasteiger partial charge in [-0.05, 0) is 51.0 Å². The molecule has 1 saturated heterocycles. The average molecular weight is 494 g/mol. The molecule has 3 aromatic heterocycles. The maximum absolute atomic E-state index is 15.0. The van der Waals surface area contributed by atoms with Crippen LogP contribution in [0.25, 0.3) is 16.8 Å². The first-order valence-electron chi connectivity index (χ1n) is 11.8. The van der Waals surface area contributed by atoms with Gasteiger partial charge in [0.15, 0.2) is 0 Å². The molecule has 0 spiro atoms. The summed E-state index contributed by atoms with van der Waals surface area (Å²) >= 11 is 6.01. The number of rotatable bonds is 4. The van der Waals surface area contributed by atoms with Crippen LogP contribution in [0.4, 0.5) is 10.1 Å². The van der Waals surface area contributed by atoms with E-state index in [1.807, 2.05) is 16.9 Å². The van der Waals surface area contributed by atoms with E-state index in [0.29, 0.717) is 58.8 Å². The lowest BCUT2D eigenvalue weighted by Gasteiger charge is -2.34. The van der Waals surface area contributed by atoms with E-state index in [1.165, 1.54) is 23.3 Å². The Morgan fingerprint density at radius 2 is 1.97 bits per heavy atom. The minimum Gasteiger partial charge on any atom is -0.370 e. The number of aryl methyl sites for hydroxylation is 1. The van der Waals surface area contributed by atoms with Crippen LogP contribution in [0, 0.1) is 19.7 Å². The van der Waals surface area contributed by atoms with Crippen molar-refractivity contribution in [2.45, 2.75) is 38.8 Å². The summed E-state index contributed by atoms with van der Waals surface area (Å²) < 4.78 is 24.6. The number of aromatic nitrogens is 4. The van der Waals surface area contributed by atoms with Gasteiger partial charge < -0.3 is 9.64 Å². The molecular weight excluding hydrogens is 469 g/mol. The van der Waals surface area contributed by atoms with Crippen LogP contribution in [-0.4, -0.2) is 38.9 Å². The normalized spacial score (nSPS) is 18.4. The fraction of sp³-hybridized carbons (Fsp3) is 0.346. The van der Waals surface area contributed by atoms with Gasteiger partial charge in [0.05, 0.1) is 24.5 Å². The largest absolute Gasteiger partial charge is 0.370 e. The number of ether oxygens (including phenoxy) is 1. The zero-order valence-corrected chi connectivity index (χ0v) is 20.3. The number of pyridine rings is 1. The average Bonchev–Trinajstić information content (AvgIpc) is 3.59. The first-order valence-corrected chi connectivity index (χ1v) is 12.2. The Bertz CT molecular complexity index is 1510. The molecule has 35 heavy (non-hydrogen) atoms. The van der Waals surface area contributed by atoms with Crippen LogP contribution < -0.4 is 10.5 Å². The van der Waals surface area contributed by atoms with Crippen molar-refractivity contribution in [2.75, 3.05) is 24.6 Å². The zero-order chi connectivity index (χ0) is 24.3. The summed E-state index contributed by atoms with van der Waals surface area (Å²) in [5.74, 6) is -0.462. The van der Waals surface area contributed by atoms with E-state index < -0.39 is 5.82 Å². The lowest BCUT2D eigenvalue weighted by molar-refractivity contribution is 0.0397. The number of morpholine rings is 1. The molecule has 0 N–H and O–H groups in total. The van der Waals surface area contributed by atoms with E-state index in [9.17, 15) is 4.79 Å². The third-order valence-electron chi connectivity index (χ3n) is 6.95. The van der Waals surface area contributed by atoms with Crippen molar-refractivity contribution in [3.63, 3.8) is 0 Å². The number of halogens is 2. The summed E-state index contributed by atoms with van der Waals surface area (Å²) in [7, 11) is 0. The molecule has 4 aromatic rings. The predicted molar refractivity (Wildman–Crippen MR) is 133 cm³/mol. The molecular formula is C26H25ClFN5O2. The van der Waals surface area contributed by atoms with Crippen molar-refractivity contribution in [1.82, 2.24) is 19.2 Å². The highest BCUT2D eigenvalue weighted by atomic mass is 35.5. The Hall–Kier alpha value is -3.23. The van der Waals surface area contributed by atoms with Crippen molar-refractivity contribution in [3.8, 4) is 11.1 Å². The highest BCUT2D eigenvalue weighted by Gasteiger charge is 2.28. The number of anilines is 1. The van der Waals surface area contributed by atoms with Gasteiger partial charge in [-0.3, -0.25) is 13.9 Å². The van der Waals surface area contributed by atoms with Gasteiger partial charge in [0.1, 0.15) is 17.6 Å². The summed E-state index contributed by atoms with van der Waals surface area (Å²) in [4.78, 5) is 20.0. The number of fused-ring (bicyclic) bond motifs is 1. The van der Waals surface area contributed by atoms with E-state index in [4.69, 9.17) is 16.3 Å². The standard InChI is InChI=1S/C26H25ClFN5O2/c1-15-16(2)30-25-22(21-6-3-18(27)9-23(21)28)10-20(13-32(25)26(15)34)31-7-8-35-24(14-31)17-11-29-33(12-17)19-4-5-19/h3,6,9-13,19,24H,4-5,7-8,14H2,1-2H3/t24-/m1/s1. The highest BCUT2D eigenvalue weighted by Crippen LogP contribution is 2.36. The molecule has 9 heteroatoms. The molecule has 1 saturated carbocycles.